The van der Waals surface area contributed by atoms with Crippen molar-refractivity contribution in [1.29, 1.82) is 0 Å². The van der Waals surface area contributed by atoms with Gasteiger partial charge in [0.05, 0.1) is 16.7 Å². The van der Waals surface area contributed by atoms with Crippen LogP contribution >= 0.6 is 11.3 Å². The Balaban J connectivity index is 1.53. The number of carbonyl (C=O) groups is 1. The van der Waals surface area contributed by atoms with E-state index in [0.29, 0.717) is 31.9 Å². The fraction of sp³-hybridized carbons (Fsp3) is 0.500. The number of nitrogens with two attached hydrogens (primary N) is 1. The van der Waals surface area contributed by atoms with Crippen molar-refractivity contribution >= 4 is 17.2 Å². The van der Waals surface area contributed by atoms with Crippen LogP contribution in [-0.2, 0) is 4.74 Å². The van der Waals surface area contributed by atoms with Gasteiger partial charge in [0.25, 0.3) is 5.91 Å². The molecule has 1 amide bonds. The molecule has 1 saturated heterocycles. The molecule has 0 aromatic carbocycles. The van der Waals surface area contributed by atoms with Crippen molar-refractivity contribution in [2.24, 2.45) is 5.73 Å². The number of aromatic amines is 1. The van der Waals surface area contributed by atoms with Crippen LogP contribution < -0.4 is 5.73 Å². The van der Waals surface area contributed by atoms with Crippen LogP contribution in [0.25, 0.3) is 10.6 Å². The first-order valence-electron chi connectivity index (χ1n) is 7.98. The van der Waals surface area contributed by atoms with E-state index in [4.69, 9.17) is 10.5 Å². The van der Waals surface area contributed by atoms with Crippen LogP contribution in [0.1, 0.15) is 29.8 Å². The number of H-pyrrole nitrogens is 1. The molecule has 3 rings (SSSR count). The van der Waals surface area contributed by atoms with Gasteiger partial charge in [-0.05, 0) is 43.3 Å². The fourth-order valence-corrected chi connectivity index (χ4v) is 3.40. The molecule has 1 aliphatic heterocycles. The van der Waals surface area contributed by atoms with E-state index in [1.165, 1.54) is 0 Å². The summed E-state index contributed by atoms with van der Waals surface area (Å²) in [6, 6.07) is 5.83. The van der Waals surface area contributed by atoms with Gasteiger partial charge in [-0.1, -0.05) is 6.07 Å². The Hall–Kier alpha value is -1.70. The van der Waals surface area contributed by atoms with Gasteiger partial charge in [0, 0.05) is 19.7 Å². The summed E-state index contributed by atoms with van der Waals surface area (Å²) < 4.78 is 5.77. The van der Waals surface area contributed by atoms with Gasteiger partial charge in [0.2, 0.25) is 0 Å². The molecule has 2 aromatic rings. The lowest BCUT2D eigenvalue weighted by Gasteiger charge is -2.31. The van der Waals surface area contributed by atoms with Crippen LogP contribution in [0.4, 0.5) is 0 Å². The molecule has 1 aliphatic rings. The first kappa shape index (κ1) is 16.2. The van der Waals surface area contributed by atoms with E-state index in [9.17, 15) is 4.79 Å². The number of nitrogens with zero attached hydrogens (tertiary/aromatic N) is 2. The van der Waals surface area contributed by atoms with Crippen LogP contribution in [0.15, 0.2) is 23.6 Å². The second kappa shape index (κ2) is 7.72. The zero-order valence-electron chi connectivity index (χ0n) is 13.0. The monoisotopic (exact) mass is 334 g/mol. The molecular formula is C16H22N4O2S. The molecule has 6 nitrogen and oxygen atoms in total. The molecule has 0 aliphatic carbocycles. The minimum atomic E-state index is -0.00976. The van der Waals surface area contributed by atoms with Gasteiger partial charge < -0.3 is 15.4 Å². The molecule has 23 heavy (non-hydrogen) atoms. The van der Waals surface area contributed by atoms with Crippen LogP contribution in [0.2, 0.25) is 0 Å². The number of thiophene rings is 1. The number of carbonyl (C=O) groups excluding carboxylic acids is 1. The summed E-state index contributed by atoms with van der Waals surface area (Å²) >= 11 is 1.62. The third-order valence-electron chi connectivity index (χ3n) is 4.01. The average molecular weight is 334 g/mol. The minimum absolute atomic E-state index is 0.00976. The molecule has 2 aromatic heterocycles. The highest BCUT2D eigenvalue weighted by Crippen LogP contribution is 2.24. The number of hydrogen-bond donors (Lipinski definition) is 2. The number of likely N-dealkylation sites (tertiary alicyclic amines) is 1. The van der Waals surface area contributed by atoms with E-state index in [-0.39, 0.29) is 12.0 Å². The van der Waals surface area contributed by atoms with E-state index < -0.39 is 0 Å². The van der Waals surface area contributed by atoms with Crippen molar-refractivity contribution in [1.82, 2.24) is 15.1 Å². The molecule has 0 spiro atoms. The zero-order chi connectivity index (χ0) is 16.1. The maximum absolute atomic E-state index is 12.5. The van der Waals surface area contributed by atoms with Crippen LogP contribution in [0.3, 0.4) is 0 Å². The number of rotatable bonds is 6. The van der Waals surface area contributed by atoms with Gasteiger partial charge in [-0.25, -0.2) is 0 Å². The van der Waals surface area contributed by atoms with Gasteiger partial charge in [-0.3, -0.25) is 9.89 Å². The minimum Gasteiger partial charge on any atom is -0.378 e. The third kappa shape index (κ3) is 3.99. The van der Waals surface area contributed by atoms with E-state index in [2.05, 4.69) is 10.2 Å². The Kier molecular flexibility index (Phi) is 5.43. The Labute approximate surface area is 139 Å². The molecule has 3 heterocycles. The lowest BCUT2D eigenvalue weighted by molar-refractivity contribution is 0.00829. The summed E-state index contributed by atoms with van der Waals surface area (Å²) in [6.45, 7) is 2.79. The molecule has 124 valence electrons. The summed E-state index contributed by atoms with van der Waals surface area (Å²) in [5.41, 5.74) is 6.84. The quantitative estimate of drug-likeness (QED) is 0.793. The van der Waals surface area contributed by atoms with E-state index in [1.54, 1.807) is 11.3 Å². The van der Waals surface area contributed by atoms with Crippen LogP contribution in [-0.4, -0.2) is 53.3 Å². The lowest BCUT2D eigenvalue weighted by atomic mass is 10.1. The van der Waals surface area contributed by atoms with Gasteiger partial charge in [-0.2, -0.15) is 5.10 Å². The van der Waals surface area contributed by atoms with Crippen molar-refractivity contribution in [2.75, 3.05) is 26.2 Å². The number of amides is 1. The van der Waals surface area contributed by atoms with Crippen molar-refractivity contribution < 1.29 is 9.53 Å². The predicted molar refractivity (Wildman–Crippen MR) is 90.4 cm³/mol. The summed E-state index contributed by atoms with van der Waals surface area (Å²) in [7, 11) is 0. The molecule has 0 unspecified atom stereocenters. The predicted octanol–water partition coefficient (Wildman–Crippen LogP) is 2.11. The molecule has 1 fully saturated rings. The highest BCUT2D eigenvalue weighted by atomic mass is 32.1. The Morgan fingerprint density at radius 3 is 3.00 bits per heavy atom. The fourth-order valence-electron chi connectivity index (χ4n) is 2.71. The summed E-state index contributed by atoms with van der Waals surface area (Å²) in [5, 5.41) is 9.13. The highest BCUT2D eigenvalue weighted by molar-refractivity contribution is 7.13. The first-order valence-corrected chi connectivity index (χ1v) is 8.86. The molecule has 0 atom stereocenters. The summed E-state index contributed by atoms with van der Waals surface area (Å²) in [5.74, 6) is -0.00976. The maximum atomic E-state index is 12.5. The third-order valence-corrected chi connectivity index (χ3v) is 4.92. The number of nitrogens with one attached hydrogen (secondary N) is 1. The number of hydrogen-bond acceptors (Lipinski definition) is 5. The largest absolute Gasteiger partial charge is 0.378 e. The number of aromatic nitrogens is 2. The summed E-state index contributed by atoms with van der Waals surface area (Å²) in [6.07, 6.45) is 2.88. The normalized spacial score (nSPS) is 16.0. The number of piperidine rings is 1. The standard InChI is InChI=1S/C16H22N4O2S/c17-6-2-9-22-12-4-7-20(8-5-12)16(21)14-11-13(18-19-14)15-3-1-10-23-15/h1,3,10-12H,2,4-9,17H2,(H,18,19). The van der Waals surface area contributed by atoms with Gasteiger partial charge in [0.15, 0.2) is 5.69 Å². The topological polar surface area (TPSA) is 84.2 Å². The second-order valence-electron chi connectivity index (χ2n) is 5.65. The Bertz CT molecular complexity index is 618. The van der Waals surface area contributed by atoms with Crippen molar-refractivity contribution in [3.05, 3.63) is 29.3 Å². The van der Waals surface area contributed by atoms with E-state index >= 15 is 0 Å². The van der Waals surface area contributed by atoms with Gasteiger partial charge in [-0.15, -0.1) is 11.3 Å². The molecule has 0 bridgehead atoms. The van der Waals surface area contributed by atoms with E-state index in [1.807, 2.05) is 28.5 Å². The molecule has 3 N–H and O–H groups in total. The van der Waals surface area contributed by atoms with Crippen molar-refractivity contribution in [3.8, 4) is 10.6 Å². The lowest BCUT2D eigenvalue weighted by Crippen LogP contribution is -2.41. The van der Waals surface area contributed by atoms with Crippen molar-refractivity contribution in [2.45, 2.75) is 25.4 Å². The molecular weight excluding hydrogens is 312 g/mol. The Morgan fingerprint density at radius 2 is 2.30 bits per heavy atom. The smallest absolute Gasteiger partial charge is 0.274 e. The van der Waals surface area contributed by atoms with Crippen LogP contribution in [0.5, 0.6) is 0 Å². The van der Waals surface area contributed by atoms with Crippen LogP contribution in [0, 0.1) is 0 Å². The zero-order valence-corrected chi connectivity index (χ0v) is 13.8. The average Bonchev–Trinajstić information content (AvgIpc) is 3.26. The van der Waals surface area contributed by atoms with Crippen molar-refractivity contribution in [3.63, 3.8) is 0 Å². The second-order valence-corrected chi connectivity index (χ2v) is 6.60. The Morgan fingerprint density at radius 1 is 1.48 bits per heavy atom. The SMILES string of the molecule is NCCCOC1CCN(C(=O)c2cc(-c3cccs3)[nH]n2)CC1. The number of ether oxygens (including phenoxy) is 1. The van der Waals surface area contributed by atoms with Gasteiger partial charge >= 0.3 is 0 Å². The molecule has 7 heteroatoms. The molecule has 0 radical (unpaired) electrons. The van der Waals surface area contributed by atoms with Gasteiger partial charge in [0.1, 0.15) is 0 Å². The molecule has 0 saturated carbocycles. The highest BCUT2D eigenvalue weighted by Gasteiger charge is 2.25. The van der Waals surface area contributed by atoms with E-state index in [0.717, 1.165) is 29.8 Å². The first-order chi connectivity index (χ1) is 11.3. The summed E-state index contributed by atoms with van der Waals surface area (Å²) in [4.78, 5) is 15.5. The maximum Gasteiger partial charge on any atom is 0.274 e.